The van der Waals surface area contributed by atoms with Gasteiger partial charge in [-0.25, -0.2) is 0 Å². The molecule has 0 aromatic heterocycles. The van der Waals surface area contributed by atoms with Crippen LogP contribution in [-0.4, -0.2) is 31.3 Å². The molecule has 5 nitrogen and oxygen atoms in total. The van der Waals surface area contributed by atoms with Crippen molar-refractivity contribution in [2.75, 3.05) is 24.7 Å². The number of nitrogens with one attached hydrogen (secondary N) is 1. The molecule has 1 rings (SSSR count). The maximum absolute atomic E-state index is 11.2. The van der Waals surface area contributed by atoms with E-state index in [1.165, 1.54) is 7.11 Å². The lowest BCUT2D eigenvalue weighted by Crippen LogP contribution is -2.21. The molecule has 0 aliphatic rings. The second-order valence-corrected chi connectivity index (χ2v) is 4.94. The van der Waals surface area contributed by atoms with Gasteiger partial charge in [0.2, 0.25) is 5.91 Å². The first kappa shape index (κ1) is 15.5. The van der Waals surface area contributed by atoms with Crippen LogP contribution in [0.1, 0.15) is 12.0 Å². The number of anilines is 1. The molecule has 0 atom stereocenters. The summed E-state index contributed by atoms with van der Waals surface area (Å²) >= 11 is 1.65. The summed E-state index contributed by atoms with van der Waals surface area (Å²) in [6.45, 7) is -0.0297. The number of nitrogens with two attached hydrogens (primary N) is 1. The molecule has 0 spiro atoms. The van der Waals surface area contributed by atoms with Crippen LogP contribution in [0.3, 0.4) is 0 Å². The number of thioether (sulfide) groups is 1. The summed E-state index contributed by atoms with van der Waals surface area (Å²) in [5.74, 6) is 1.09. The van der Waals surface area contributed by atoms with Gasteiger partial charge in [-0.05, 0) is 17.7 Å². The molecule has 0 aliphatic carbocycles. The Bertz CT molecular complexity index is 438. The van der Waals surface area contributed by atoms with Crippen LogP contribution in [0.4, 0.5) is 5.69 Å². The minimum atomic E-state index is -0.213. The fourth-order valence-corrected chi connectivity index (χ4v) is 2.27. The van der Waals surface area contributed by atoms with Crippen LogP contribution < -0.4 is 11.1 Å². The van der Waals surface area contributed by atoms with Crippen molar-refractivity contribution in [1.29, 1.82) is 0 Å². The van der Waals surface area contributed by atoms with Gasteiger partial charge in [-0.2, -0.15) is 11.8 Å². The predicted molar refractivity (Wildman–Crippen MR) is 76.9 cm³/mol. The van der Waals surface area contributed by atoms with Gasteiger partial charge in [-0.15, -0.1) is 0 Å². The lowest BCUT2D eigenvalue weighted by molar-refractivity contribution is -0.140. The van der Waals surface area contributed by atoms with E-state index in [-0.39, 0.29) is 18.4 Å². The molecule has 1 aromatic carbocycles. The van der Waals surface area contributed by atoms with Gasteiger partial charge in [0, 0.05) is 17.2 Å². The first-order chi connectivity index (χ1) is 9.15. The molecule has 0 saturated carbocycles. The molecule has 0 radical (unpaired) electrons. The Hall–Kier alpha value is -1.53. The predicted octanol–water partition coefficient (Wildman–Crippen LogP) is 1.38. The first-order valence-corrected chi connectivity index (χ1v) is 7.04. The third-order valence-electron chi connectivity index (χ3n) is 2.34. The standard InChI is InChI=1S/C13H18N2O3S/c1-18-13(17)5-6-19-9-10-3-2-4-11(7-10)15-12(16)8-14/h2-4,7H,5-6,8-9,14H2,1H3,(H,15,16). The topological polar surface area (TPSA) is 81.4 Å². The molecule has 0 saturated heterocycles. The van der Waals surface area contributed by atoms with E-state index in [1.807, 2.05) is 24.3 Å². The van der Waals surface area contributed by atoms with Crippen molar-refractivity contribution in [3.8, 4) is 0 Å². The van der Waals surface area contributed by atoms with Crippen LogP contribution in [0.2, 0.25) is 0 Å². The molecule has 104 valence electrons. The molecule has 0 heterocycles. The second kappa shape index (κ2) is 8.55. The average molecular weight is 282 g/mol. The largest absolute Gasteiger partial charge is 0.469 e. The van der Waals surface area contributed by atoms with Gasteiger partial charge in [-0.1, -0.05) is 12.1 Å². The zero-order valence-electron chi connectivity index (χ0n) is 10.8. The number of amides is 1. The number of ether oxygens (including phenoxy) is 1. The van der Waals surface area contributed by atoms with Crippen LogP contribution in [0.15, 0.2) is 24.3 Å². The third-order valence-corrected chi connectivity index (χ3v) is 3.37. The SMILES string of the molecule is COC(=O)CCSCc1cccc(NC(=O)CN)c1. The highest BCUT2D eigenvalue weighted by Gasteiger charge is 2.02. The zero-order chi connectivity index (χ0) is 14.1. The number of carbonyl (C=O) groups excluding carboxylic acids is 2. The van der Waals surface area contributed by atoms with Crippen LogP contribution in [0, 0.1) is 0 Å². The Morgan fingerprint density at radius 1 is 1.42 bits per heavy atom. The monoisotopic (exact) mass is 282 g/mol. The Balaban J connectivity index is 2.39. The van der Waals surface area contributed by atoms with Crippen LogP contribution in [-0.2, 0) is 20.1 Å². The number of esters is 1. The maximum atomic E-state index is 11.2. The van der Waals surface area contributed by atoms with E-state index in [4.69, 9.17) is 5.73 Å². The highest BCUT2D eigenvalue weighted by Crippen LogP contribution is 2.17. The van der Waals surface area contributed by atoms with Gasteiger partial charge in [0.1, 0.15) is 0 Å². The Morgan fingerprint density at radius 3 is 2.89 bits per heavy atom. The molecule has 3 N–H and O–H groups in total. The highest BCUT2D eigenvalue weighted by molar-refractivity contribution is 7.98. The summed E-state index contributed by atoms with van der Waals surface area (Å²) in [6.07, 6.45) is 0.408. The Morgan fingerprint density at radius 2 is 2.21 bits per heavy atom. The Kier molecular flexibility index (Phi) is 6.99. The summed E-state index contributed by atoms with van der Waals surface area (Å²) in [4.78, 5) is 22.1. The summed E-state index contributed by atoms with van der Waals surface area (Å²) in [5, 5.41) is 2.70. The molecular formula is C13H18N2O3S. The Labute approximate surface area is 116 Å². The molecule has 19 heavy (non-hydrogen) atoms. The maximum Gasteiger partial charge on any atom is 0.306 e. The molecular weight excluding hydrogens is 264 g/mol. The molecule has 1 aromatic rings. The molecule has 0 unspecified atom stereocenters. The van der Waals surface area contributed by atoms with E-state index >= 15 is 0 Å². The fourth-order valence-electron chi connectivity index (χ4n) is 1.40. The summed E-state index contributed by atoms with van der Waals surface area (Å²) in [6, 6.07) is 7.57. The van der Waals surface area contributed by atoms with Gasteiger partial charge in [-0.3, -0.25) is 9.59 Å². The van der Waals surface area contributed by atoms with Crippen LogP contribution in [0.25, 0.3) is 0 Å². The molecule has 0 fully saturated rings. The van der Waals surface area contributed by atoms with Crippen molar-refractivity contribution in [3.63, 3.8) is 0 Å². The number of carbonyl (C=O) groups is 2. The third kappa shape index (κ3) is 6.26. The molecule has 0 bridgehead atoms. The van der Waals surface area contributed by atoms with Crippen molar-refractivity contribution < 1.29 is 14.3 Å². The van der Waals surface area contributed by atoms with Gasteiger partial charge < -0.3 is 15.8 Å². The normalized spacial score (nSPS) is 10.0. The van der Waals surface area contributed by atoms with Crippen LogP contribution in [0.5, 0.6) is 0 Å². The van der Waals surface area contributed by atoms with Crippen LogP contribution >= 0.6 is 11.8 Å². The van der Waals surface area contributed by atoms with E-state index in [2.05, 4.69) is 10.1 Å². The number of benzene rings is 1. The van der Waals surface area contributed by atoms with Gasteiger partial charge in [0.05, 0.1) is 20.1 Å². The molecule has 6 heteroatoms. The van der Waals surface area contributed by atoms with Crippen molar-refractivity contribution >= 4 is 29.3 Å². The van der Waals surface area contributed by atoms with Gasteiger partial charge in [0.15, 0.2) is 0 Å². The van der Waals surface area contributed by atoms with Gasteiger partial charge in [0.25, 0.3) is 0 Å². The quantitative estimate of drug-likeness (QED) is 0.583. The van der Waals surface area contributed by atoms with E-state index in [0.717, 1.165) is 17.0 Å². The minimum Gasteiger partial charge on any atom is -0.469 e. The van der Waals surface area contributed by atoms with Crippen molar-refractivity contribution in [3.05, 3.63) is 29.8 Å². The summed E-state index contributed by atoms with van der Waals surface area (Å²) < 4.78 is 4.57. The summed E-state index contributed by atoms with van der Waals surface area (Å²) in [7, 11) is 1.39. The van der Waals surface area contributed by atoms with Crippen molar-refractivity contribution in [2.45, 2.75) is 12.2 Å². The molecule has 1 amide bonds. The minimum absolute atomic E-state index is 0.0297. The second-order valence-electron chi connectivity index (χ2n) is 3.83. The smallest absolute Gasteiger partial charge is 0.306 e. The lowest BCUT2D eigenvalue weighted by atomic mass is 10.2. The lowest BCUT2D eigenvalue weighted by Gasteiger charge is -2.06. The fraction of sp³-hybridized carbons (Fsp3) is 0.385. The number of rotatable bonds is 7. The summed E-state index contributed by atoms with van der Waals surface area (Å²) in [5.41, 5.74) is 7.06. The highest BCUT2D eigenvalue weighted by atomic mass is 32.2. The first-order valence-electron chi connectivity index (χ1n) is 5.89. The van der Waals surface area contributed by atoms with Crippen molar-refractivity contribution in [2.24, 2.45) is 5.73 Å². The van der Waals surface area contributed by atoms with E-state index in [1.54, 1.807) is 11.8 Å². The van der Waals surface area contributed by atoms with Gasteiger partial charge >= 0.3 is 5.97 Å². The number of hydrogen-bond acceptors (Lipinski definition) is 5. The van der Waals surface area contributed by atoms with E-state index < -0.39 is 0 Å². The van der Waals surface area contributed by atoms with E-state index in [9.17, 15) is 9.59 Å². The zero-order valence-corrected chi connectivity index (χ0v) is 11.7. The van der Waals surface area contributed by atoms with E-state index in [0.29, 0.717) is 12.2 Å². The number of hydrogen-bond donors (Lipinski definition) is 2. The number of methoxy groups -OCH3 is 1. The van der Waals surface area contributed by atoms with Crippen molar-refractivity contribution in [1.82, 2.24) is 0 Å². The average Bonchev–Trinajstić information content (AvgIpc) is 2.43. The molecule has 0 aliphatic heterocycles.